The Morgan fingerprint density at radius 3 is 2.68 bits per heavy atom. The highest BCUT2D eigenvalue weighted by Gasteiger charge is 2.25. The van der Waals surface area contributed by atoms with E-state index in [1.54, 1.807) is 24.2 Å². The molecule has 1 saturated heterocycles. The summed E-state index contributed by atoms with van der Waals surface area (Å²) in [5.74, 6) is -0.0715. The smallest absolute Gasteiger partial charge is 0.231 e. The highest BCUT2D eigenvalue weighted by Crippen LogP contribution is 2.37. The van der Waals surface area contributed by atoms with Crippen LogP contribution in [0.2, 0.25) is 0 Å². The fourth-order valence-corrected chi connectivity index (χ4v) is 4.71. The molecule has 0 spiro atoms. The highest BCUT2D eigenvalue weighted by molar-refractivity contribution is 6.01. The zero-order valence-corrected chi connectivity index (χ0v) is 19.3. The maximum Gasteiger partial charge on any atom is 0.231 e. The van der Waals surface area contributed by atoms with Crippen LogP contribution in [0.1, 0.15) is 30.4 Å². The van der Waals surface area contributed by atoms with E-state index < -0.39 is 0 Å². The number of anilines is 3. The number of phenols is 2. The lowest BCUT2D eigenvalue weighted by Crippen LogP contribution is -2.26. The van der Waals surface area contributed by atoms with E-state index in [4.69, 9.17) is 4.98 Å². The van der Waals surface area contributed by atoms with Crippen molar-refractivity contribution in [1.82, 2.24) is 14.9 Å². The summed E-state index contributed by atoms with van der Waals surface area (Å²) in [6.45, 7) is 3.52. The number of hydrogen-bond donors (Lipinski definition) is 3. The standard InChI is InChI=1S/C26H29N5O3/c1-30-21-8-6-17(5-4-12-31-10-2-3-11-31)13-20(21)25-18(14-24(30)34)16-27-26(29-25)28-19-7-9-22(32)23(33)15-19/h6-9,13,15-16,32-33H,2-5,10-12,14H2,1H3,(H,27,28,29). The summed E-state index contributed by atoms with van der Waals surface area (Å²) in [4.78, 5) is 26.2. The monoisotopic (exact) mass is 459 g/mol. The first kappa shape index (κ1) is 22.2. The predicted molar refractivity (Wildman–Crippen MR) is 132 cm³/mol. The van der Waals surface area contributed by atoms with Gasteiger partial charge in [0.05, 0.1) is 17.8 Å². The molecule has 0 atom stereocenters. The van der Waals surface area contributed by atoms with E-state index in [9.17, 15) is 15.0 Å². The minimum absolute atomic E-state index is 0.00505. The number of carbonyl (C=O) groups excluding carboxylic acids is 1. The molecular weight excluding hydrogens is 430 g/mol. The number of rotatable bonds is 6. The van der Waals surface area contributed by atoms with Crippen molar-refractivity contribution < 1.29 is 15.0 Å². The number of aromatic nitrogens is 2. The molecule has 3 heterocycles. The van der Waals surface area contributed by atoms with Gasteiger partial charge in [-0.1, -0.05) is 6.07 Å². The number of aromatic hydroxyl groups is 2. The fourth-order valence-electron chi connectivity index (χ4n) is 4.71. The Kier molecular flexibility index (Phi) is 6.06. The third-order valence-electron chi connectivity index (χ3n) is 6.63. The van der Waals surface area contributed by atoms with Crippen molar-refractivity contribution in [3.63, 3.8) is 0 Å². The lowest BCUT2D eigenvalue weighted by molar-refractivity contribution is -0.117. The molecule has 2 aliphatic rings. The van der Waals surface area contributed by atoms with E-state index in [0.717, 1.165) is 41.9 Å². The van der Waals surface area contributed by atoms with Crippen LogP contribution >= 0.6 is 0 Å². The van der Waals surface area contributed by atoms with Crippen LogP contribution in [0.3, 0.4) is 0 Å². The van der Waals surface area contributed by atoms with Gasteiger partial charge >= 0.3 is 0 Å². The number of aryl methyl sites for hydroxylation is 1. The van der Waals surface area contributed by atoms with Crippen LogP contribution in [0.25, 0.3) is 11.3 Å². The van der Waals surface area contributed by atoms with Gasteiger partial charge < -0.3 is 25.3 Å². The molecule has 5 rings (SSSR count). The first-order valence-corrected chi connectivity index (χ1v) is 11.7. The second-order valence-electron chi connectivity index (χ2n) is 9.03. The Labute approximate surface area is 198 Å². The molecule has 1 aromatic heterocycles. The molecular formula is C26H29N5O3. The van der Waals surface area contributed by atoms with Crippen molar-refractivity contribution in [3.05, 3.63) is 53.7 Å². The van der Waals surface area contributed by atoms with E-state index in [-0.39, 0.29) is 23.8 Å². The van der Waals surface area contributed by atoms with Gasteiger partial charge in [0.15, 0.2) is 11.5 Å². The van der Waals surface area contributed by atoms with Crippen molar-refractivity contribution in [2.24, 2.45) is 0 Å². The van der Waals surface area contributed by atoms with Crippen LogP contribution in [-0.2, 0) is 17.6 Å². The van der Waals surface area contributed by atoms with Crippen molar-refractivity contribution in [3.8, 4) is 22.8 Å². The molecule has 1 fully saturated rings. The summed E-state index contributed by atoms with van der Waals surface area (Å²) in [5, 5.41) is 22.4. The van der Waals surface area contributed by atoms with E-state index in [0.29, 0.717) is 11.6 Å². The van der Waals surface area contributed by atoms with Gasteiger partial charge in [0.25, 0.3) is 0 Å². The van der Waals surface area contributed by atoms with Gasteiger partial charge in [-0.05, 0) is 75.1 Å². The molecule has 2 aliphatic heterocycles. The lowest BCUT2D eigenvalue weighted by Gasteiger charge is -2.19. The first-order chi connectivity index (χ1) is 16.5. The number of likely N-dealkylation sites (tertiary alicyclic amines) is 1. The number of likely N-dealkylation sites (N-methyl/N-ethyl adjacent to an activating group) is 1. The molecule has 8 heteroatoms. The topological polar surface area (TPSA) is 102 Å². The Bertz CT molecular complexity index is 1220. The second-order valence-corrected chi connectivity index (χ2v) is 9.03. The molecule has 176 valence electrons. The van der Waals surface area contributed by atoms with Crippen LogP contribution in [0.4, 0.5) is 17.3 Å². The van der Waals surface area contributed by atoms with Gasteiger partial charge in [-0.25, -0.2) is 9.97 Å². The van der Waals surface area contributed by atoms with Gasteiger partial charge in [0.2, 0.25) is 11.9 Å². The van der Waals surface area contributed by atoms with Gasteiger partial charge in [0.1, 0.15) is 0 Å². The maximum absolute atomic E-state index is 12.8. The Morgan fingerprint density at radius 1 is 1.06 bits per heavy atom. The summed E-state index contributed by atoms with van der Waals surface area (Å²) < 4.78 is 0. The normalized spacial score (nSPS) is 15.7. The number of phenolic OH excluding ortho intramolecular Hbond substituents is 2. The molecule has 8 nitrogen and oxygen atoms in total. The Morgan fingerprint density at radius 2 is 1.88 bits per heavy atom. The zero-order chi connectivity index (χ0) is 23.7. The average molecular weight is 460 g/mol. The van der Waals surface area contributed by atoms with Crippen molar-refractivity contribution in [2.75, 3.05) is 36.9 Å². The number of carbonyl (C=O) groups is 1. The largest absolute Gasteiger partial charge is 0.504 e. The molecule has 0 aliphatic carbocycles. The molecule has 3 N–H and O–H groups in total. The lowest BCUT2D eigenvalue weighted by atomic mass is 10.00. The Hall–Kier alpha value is -3.65. The van der Waals surface area contributed by atoms with Gasteiger partial charge in [0, 0.05) is 36.1 Å². The van der Waals surface area contributed by atoms with Crippen LogP contribution < -0.4 is 10.2 Å². The molecule has 2 aromatic carbocycles. The number of fused-ring (bicyclic) bond motifs is 3. The Balaban J connectivity index is 1.45. The third-order valence-corrected chi connectivity index (χ3v) is 6.63. The number of nitrogens with zero attached hydrogens (tertiary/aromatic N) is 4. The van der Waals surface area contributed by atoms with Gasteiger partial charge in [-0.3, -0.25) is 4.79 Å². The summed E-state index contributed by atoms with van der Waals surface area (Å²) in [7, 11) is 1.80. The summed E-state index contributed by atoms with van der Waals surface area (Å²) in [5.41, 5.74) is 5.04. The number of hydrogen-bond acceptors (Lipinski definition) is 7. The van der Waals surface area contributed by atoms with Crippen molar-refractivity contribution in [1.29, 1.82) is 0 Å². The van der Waals surface area contributed by atoms with Crippen LogP contribution in [0.15, 0.2) is 42.6 Å². The van der Waals surface area contributed by atoms with E-state index in [2.05, 4.69) is 27.3 Å². The van der Waals surface area contributed by atoms with E-state index in [1.807, 2.05) is 6.07 Å². The maximum atomic E-state index is 12.8. The SMILES string of the molecule is CN1C(=O)Cc2cnc(Nc3ccc(O)c(O)c3)nc2-c2cc(CCCN3CCCC3)ccc21. The number of benzene rings is 2. The van der Waals surface area contributed by atoms with E-state index in [1.165, 1.54) is 43.6 Å². The predicted octanol–water partition coefficient (Wildman–Crippen LogP) is 3.85. The van der Waals surface area contributed by atoms with Crippen molar-refractivity contribution >= 4 is 23.2 Å². The van der Waals surface area contributed by atoms with Crippen molar-refractivity contribution in [2.45, 2.75) is 32.1 Å². The first-order valence-electron chi connectivity index (χ1n) is 11.7. The summed E-state index contributed by atoms with van der Waals surface area (Å²) in [6.07, 6.45) is 6.59. The molecule has 1 amide bonds. The molecule has 0 saturated carbocycles. The zero-order valence-electron chi connectivity index (χ0n) is 19.3. The van der Waals surface area contributed by atoms with Gasteiger partial charge in [-0.15, -0.1) is 0 Å². The van der Waals surface area contributed by atoms with Crippen LogP contribution in [-0.4, -0.2) is 57.7 Å². The second kappa shape index (κ2) is 9.30. The molecule has 0 bridgehead atoms. The average Bonchev–Trinajstić information content (AvgIpc) is 3.32. The van der Waals surface area contributed by atoms with E-state index >= 15 is 0 Å². The molecule has 0 unspecified atom stereocenters. The quantitative estimate of drug-likeness (QED) is 0.380. The number of amides is 1. The minimum Gasteiger partial charge on any atom is -0.504 e. The highest BCUT2D eigenvalue weighted by atomic mass is 16.3. The molecule has 34 heavy (non-hydrogen) atoms. The fraction of sp³-hybridized carbons (Fsp3) is 0.346. The molecule has 0 radical (unpaired) electrons. The molecule has 3 aromatic rings. The van der Waals surface area contributed by atoms with Crippen LogP contribution in [0.5, 0.6) is 11.5 Å². The summed E-state index contributed by atoms with van der Waals surface area (Å²) in [6, 6.07) is 10.7. The summed E-state index contributed by atoms with van der Waals surface area (Å²) >= 11 is 0. The van der Waals surface area contributed by atoms with Crippen LogP contribution in [0, 0.1) is 0 Å². The number of nitrogens with one attached hydrogen (secondary N) is 1. The van der Waals surface area contributed by atoms with Gasteiger partial charge in [-0.2, -0.15) is 0 Å². The third kappa shape index (κ3) is 4.54. The minimum atomic E-state index is -0.226.